The van der Waals surface area contributed by atoms with Gasteiger partial charge in [0.15, 0.2) is 11.4 Å². The molecule has 1 heterocycles. The summed E-state index contributed by atoms with van der Waals surface area (Å²) in [6.07, 6.45) is 1.31. The van der Waals surface area contributed by atoms with Crippen LogP contribution in [0.2, 0.25) is 0 Å². The van der Waals surface area contributed by atoms with Crippen LogP contribution in [0.25, 0.3) is 5.57 Å². The third-order valence-corrected chi connectivity index (χ3v) is 6.33. The van der Waals surface area contributed by atoms with Crippen LogP contribution in [0, 0.1) is 30.9 Å². The maximum absolute atomic E-state index is 13.9. The molecule has 1 aromatic heterocycles. The predicted molar refractivity (Wildman–Crippen MR) is 153 cm³/mol. The highest BCUT2D eigenvalue weighted by Crippen LogP contribution is 2.34. The minimum absolute atomic E-state index is 0.107. The number of hydrogen-bond donors (Lipinski definition) is 1. The molecule has 0 unspecified atom stereocenters. The van der Waals surface area contributed by atoms with Crippen LogP contribution in [0.15, 0.2) is 54.4 Å². The van der Waals surface area contributed by atoms with Gasteiger partial charge in [-0.25, -0.2) is 18.6 Å². The molecule has 2 aromatic carbocycles. The van der Waals surface area contributed by atoms with E-state index in [0.29, 0.717) is 27.8 Å². The molecule has 222 valence electrons. The summed E-state index contributed by atoms with van der Waals surface area (Å²) in [4.78, 5) is 42.9. The van der Waals surface area contributed by atoms with Gasteiger partial charge in [-0.3, -0.25) is 9.59 Å². The molecule has 0 aliphatic heterocycles. The van der Waals surface area contributed by atoms with Gasteiger partial charge in [0.05, 0.1) is 12.5 Å². The van der Waals surface area contributed by atoms with Crippen LogP contribution in [-0.2, 0) is 14.3 Å². The summed E-state index contributed by atoms with van der Waals surface area (Å²) in [7, 11) is 1.35. The molecule has 0 aliphatic carbocycles. The van der Waals surface area contributed by atoms with Crippen LogP contribution in [0.5, 0.6) is 11.5 Å². The second-order valence-corrected chi connectivity index (χ2v) is 10.8. The van der Waals surface area contributed by atoms with Gasteiger partial charge in [0.1, 0.15) is 23.4 Å². The number of methoxy groups -OCH3 is 1. The third-order valence-electron chi connectivity index (χ3n) is 6.33. The van der Waals surface area contributed by atoms with E-state index in [-0.39, 0.29) is 23.0 Å². The number of nitrogens with zero attached hydrogens (tertiary/aromatic N) is 1. The van der Waals surface area contributed by atoms with E-state index in [9.17, 15) is 23.2 Å². The number of aryl methyl sites for hydroxylation is 2. The number of halogens is 2. The van der Waals surface area contributed by atoms with Crippen molar-refractivity contribution in [2.24, 2.45) is 5.41 Å². The number of aromatic nitrogens is 1. The number of nitrogens with one attached hydrogen (secondary N) is 1. The molecule has 8 nitrogen and oxygen atoms in total. The number of amides is 1. The van der Waals surface area contributed by atoms with Gasteiger partial charge in [0, 0.05) is 17.8 Å². The number of carbonyl (C=O) groups is 3. The molecule has 0 bridgehead atoms. The molecule has 0 fully saturated rings. The molecular formula is C32H34F2N2O6. The Bertz CT molecular complexity index is 1510. The Kier molecular flexibility index (Phi) is 9.83. The average Bonchev–Trinajstić information content (AvgIpc) is 2.90. The zero-order valence-electron chi connectivity index (χ0n) is 24.8. The largest absolute Gasteiger partial charge is 0.493 e. The molecule has 42 heavy (non-hydrogen) atoms. The van der Waals surface area contributed by atoms with Crippen LogP contribution < -0.4 is 14.8 Å². The zero-order chi connectivity index (χ0) is 31.4. The van der Waals surface area contributed by atoms with E-state index >= 15 is 0 Å². The second-order valence-electron chi connectivity index (χ2n) is 10.8. The number of pyridine rings is 1. The molecule has 0 aliphatic rings. The molecule has 0 saturated carbocycles. The van der Waals surface area contributed by atoms with Gasteiger partial charge in [-0.05, 0) is 95.0 Å². The number of esters is 2. The van der Waals surface area contributed by atoms with Crippen molar-refractivity contribution in [1.82, 2.24) is 10.3 Å². The number of allylic oxidation sites excluding steroid dienone is 1. The van der Waals surface area contributed by atoms with Crippen molar-refractivity contribution in [3.63, 3.8) is 0 Å². The van der Waals surface area contributed by atoms with E-state index in [1.165, 1.54) is 50.6 Å². The van der Waals surface area contributed by atoms with Crippen molar-refractivity contribution in [3.05, 3.63) is 94.0 Å². The molecule has 3 aromatic rings. The lowest BCUT2D eigenvalue weighted by atomic mass is 9.90. The van der Waals surface area contributed by atoms with Gasteiger partial charge >= 0.3 is 11.9 Å². The van der Waals surface area contributed by atoms with Crippen LogP contribution in [0.1, 0.15) is 67.4 Å². The van der Waals surface area contributed by atoms with Crippen LogP contribution >= 0.6 is 0 Å². The SMILES string of the molecule is COc1ccnc(C(=O)N[C@@H](C)C(=O)OC(C)=C(c2ccc(F)cc2C)c2ccc(F)cc2C)c1OC(=O)C(C)(C)C. The normalized spacial score (nSPS) is 11.8. The van der Waals surface area contributed by atoms with Crippen molar-refractivity contribution in [2.75, 3.05) is 7.11 Å². The Hall–Kier alpha value is -4.60. The zero-order valence-corrected chi connectivity index (χ0v) is 24.8. The first-order valence-corrected chi connectivity index (χ1v) is 13.2. The Morgan fingerprint density at radius 3 is 1.95 bits per heavy atom. The van der Waals surface area contributed by atoms with Crippen molar-refractivity contribution < 1.29 is 37.4 Å². The predicted octanol–water partition coefficient (Wildman–Crippen LogP) is 6.08. The second kappa shape index (κ2) is 12.9. The van der Waals surface area contributed by atoms with Crippen LogP contribution in [-0.4, -0.2) is 36.0 Å². The van der Waals surface area contributed by atoms with E-state index in [1.807, 2.05) is 0 Å². The van der Waals surface area contributed by atoms with Crippen molar-refractivity contribution in [2.45, 2.75) is 54.5 Å². The van der Waals surface area contributed by atoms with Crippen molar-refractivity contribution in [3.8, 4) is 11.5 Å². The Labute approximate surface area is 243 Å². The lowest BCUT2D eigenvalue weighted by Gasteiger charge is -2.20. The molecule has 1 N–H and O–H groups in total. The highest BCUT2D eigenvalue weighted by Gasteiger charge is 2.30. The summed E-state index contributed by atoms with van der Waals surface area (Å²) in [5.41, 5.74) is 1.64. The number of ether oxygens (including phenoxy) is 3. The van der Waals surface area contributed by atoms with E-state index in [0.717, 1.165) is 0 Å². The lowest BCUT2D eigenvalue weighted by molar-refractivity contribution is -0.143. The first-order chi connectivity index (χ1) is 19.6. The lowest BCUT2D eigenvalue weighted by Crippen LogP contribution is -2.40. The maximum Gasteiger partial charge on any atom is 0.333 e. The highest BCUT2D eigenvalue weighted by molar-refractivity contribution is 5.99. The first kappa shape index (κ1) is 31.9. The average molecular weight is 581 g/mol. The smallest absolute Gasteiger partial charge is 0.333 e. The minimum atomic E-state index is -1.17. The Morgan fingerprint density at radius 2 is 1.48 bits per heavy atom. The molecule has 0 saturated heterocycles. The molecular weight excluding hydrogens is 546 g/mol. The quantitative estimate of drug-likeness (QED) is 0.255. The maximum atomic E-state index is 13.9. The number of hydrogen-bond acceptors (Lipinski definition) is 7. The van der Waals surface area contributed by atoms with E-state index in [4.69, 9.17) is 14.2 Å². The third kappa shape index (κ3) is 7.37. The summed E-state index contributed by atoms with van der Waals surface area (Å²) < 4.78 is 44.2. The standard InChI is InChI=1S/C32H34F2N2O6/c1-17-15-21(33)9-11-23(17)26(24-12-10-22(34)16-18(24)2)20(4)41-30(38)19(3)36-29(37)27-28(25(40-8)13-14-35-27)42-31(39)32(5,6)7/h9-16,19H,1-8H3,(H,36,37)/t19-/m0/s1. The summed E-state index contributed by atoms with van der Waals surface area (Å²) >= 11 is 0. The van der Waals surface area contributed by atoms with Gasteiger partial charge in [-0.1, -0.05) is 12.1 Å². The van der Waals surface area contributed by atoms with E-state index in [1.54, 1.807) is 53.7 Å². The number of benzene rings is 2. The summed E-state index contributed by atoms with van der Waals surface area (Å²) in [6.45, 7) is 11.4. The van der Waals surface area contributed by atoms with Gasteiger partial charge in [-0.15, -0.1) is 0 Å². The monoisotopic (exact) mass is 580 g/mol. The fraction of sp³-hybridized carbons (Fsp3) is 0.312. The van der Waals surface area contributed by atoms with Gasteiger partial charge in [-0.2, -0.15) is 0 Å². The Balaban J connectivity index is 1.93. The summed E-state index contributed by atoms with van der Waals surface area (Å²) in [5.74, 6) is -3.02. The highest BCUT2D eigenvalue weighted by atomic mass is 19.1. The van der Waals surface area contributed by atoms with E-state index in [2.05, 4.69) is 10.3 Å². The van der Waals surface area contributed by atoms with Gasteiger partial charge in [0.2, 0.25) is 5.75 Å². The van der Waals surface area contributed by atoms with Crippen molar-refractivity contribution >= 4 is 23.4 Å². The van der Waals surface area contributed by atoms with Crippen LogP contribution in [0.3, 0.4) is 0 Å². The molecule has 10 heteroatoms. The molecule has 0 spiro atoms. The Morgan fingerprint density at radius 1 is 0.929 bits per heavy atom. The van der Waals surface area contributed by atoms with E-state index < -0.39 is 40.9 Å². The molecule has 3 rings (SSSR count). The minimum Gasteiger partial charge on any atom is -0.493 e. The van der Waals surface area contributed by atoms with Gasteiger partial charge in [0.25, 0.3) is 5.91 Å². The molecule has 1 atom stereocenters. The van der Waals surface area contributed by atoms with Gasteiger partial charge < -0.3 is 19.5 Å². The summed E-state index contributed by atoms with van der Waals surface area (Å²) in [6, 6.07) is 8.63. The van der Waals surface area contributed by atoms with Crippen LogP contribution in [0.4, 0.5) is 8.78 Å². The van der Waals surface area contributed by atoms with Crippen molar-refractivity contribution in [1.29, 1.82) is 0 Å². The number of rotatable bonds is 8. The summed E-state index contributed by atoms with van der Waals surface area (Å²) in [5, 5.41) is 2.52. The molecule has 1 amide bonds. The first-order valence-electron chi connectivity index (χ1n) is 13.2. The fourth-order valence-electron chi connectivity index (χ4n) is 4.05. The molecule has 0 radical (unpaired) electrons. The fourth-order valence-corrected chi connectivity index (χ4v) is 4.05. The topological polar surface area (TPSA) is 104 Å². The number of carbonyl (C=O) groups excluding carboxylic acids is 3.